The molecule has 2 aromatic heterocycles. The van der Waals surface area contributed by atoms with E-state index in [4.69, 9.17) is 16.1 Å². The summed E-state index contributed by atoms with van der Waals surface area (Å²) >= 11 is 5.88. The minimum Gasteiger partial charge on any atom is -0.360 e. The lowest BCUT2D eigenvalue weighted by Crippen LogP contribution is -2.27. The fourth-order valence-electron chi connectivity index (χ4n) is 1.89. The van der Waals surface area contributed by atoms with E-state index in [1.165, 1.54) is 16.0 Å². The summed E-state index contributed by atoms with van der Waals surface area (Å²) < 4.78 is 32.6. The van der Waals surface area contributed by atoms with Crippen LogP contribution in [0.1, 0.15) is 17.1 Å². The van der Waals surface area contributed by atoms with Crippen molar-refractivity contribution in [1.29, 1.82) is 0 Å². The second-order valence-electron chi connectivity index (χ2n) is 4.50. The molecule has 0 fully saturated rings. The van der Waals surface area contributed by atoms with Gasteiger partial charge in [-0.15, -0.1) is 0 Å². The second-order valence-corrected chi connectivity index (χ2v) is 6.87. The predicted molar refractivity (Wildman–Crippen MR) is 72.8 cm³/mol. The summed E-state index contributed by atoms with van der Waals surface area (Å²) in [4.78, 5) is 0.0991. The highest BCUT2D eigenvalue weighted by atomic mass is 35.5. The van der Waals surface area contributed by atoms with E-state index < -0.39 is 10.0 Å². The van der Waals surface area contributed by atoms with Crippen LogP contribution in [0.25, 0.3) is 0 Å². The van der Waals surface area contributed by atoms with Crippen molar-refractivity contribution in [1.82, 2.24) is 19.2 Å². The predicted octanol–water partition coefficient (Wildman–Crippen LogP) is 1.50. The van der Waals surface area contributed by atoms with Gasteiger partial charge in [-0.3, -0.25) is 4.68 Å². The summed E-state index contributed by atoms with van der Waals surface area (Å²) in [6, 6.07) is 1.63. The molecule has 0 saturated heterocycles. The first-order valence-corrected chi connectivity index (χ1v) is 7.63. The van der Waals surface area contributed by atoms with E-state index in [0.29, 0.717) is 16.5 Å². The first-order chi connectivity index (χ1) is 9.23. The molecule has 0 radical (unpaired) electrons. The topological polar surface area (TPSA) is 81.2 Å². The molecule has 0 aromatic carbocycles. The zero-order chi connectivity index (χ0) is 15.1. The lowest BCUT2D eigenvalue weighted by Gasteiger charge is -2.15. The number of aryl methyl sites for hydroxylation is 3. The molecular formula is C11H15ClN4O3S. The van der Waals surface area contributed by atoms with Crippen LogP contribution in [0.3, 0.4) is 0 Å². The van der Waals surface area contributed by atoms with Crippen LogP contribution in [0.4, 0.5) is 0 Å². The van der Waals surface area contributed by atoms with Crippen LogP contribution >= 0.6 is 11.6 Å². The third kappa shape index (κ3) is 2.58. The van der Waals surface area contributed by atoms with Gasteiger partial charge in [0.1, 0.15) is 15.7 Å². The zero-order valence-corrected chi connectivity index (χ0v) is 13.2. The van der Waals surface area contributed by atoms with Gasteiger partial charge in [-0.1, -0.05) is 16.8 Å². The Kier molecular flexibility index (Phi) is 3.90. The highest BCUT2D eigenvalue weighted by Crippen LogP contribution is 2.23. The van der Waals surface area contributed by atoms with Crippen LogP contribution in [-0.2, 0) is 23.6 Å². The van der Waals surface area contributed by atoms with Gasteiger partial charge in [0.15, 0.2) is 5.76 Å². The summed E-state index contributed by atoms with van der Waals surface area (Å²) in [5.41, 5.74) is 0.906. The average molecular weight is 319 g/mol. The van der Waals surface area contributed by atoms with Crippen molar-refractivity contribution in [2.24, 2.45) is 7.05 Å². The third-order valence-electron chi connectivity index (χ3n) is 2.89. The highest BCUT2D eigenvalue weighted by Gasteiger charge is 2.29. The van der Waals surface area contributed by atoms with E-state index >= 15 is 0 Å². The molecule has 0 saturated carbocycles. The third-order valence-corrected chi connectivity index (χ3v) is 5.30. The van der Waals surface area contributed by atoms with Gasteiger partial charge < -0.3 is 4.52 Å². The highest BCUT2D eigenvalue weighted by molar-refractivity contribution is 7.89. The van der Waals surface area contributed by atoms with Gasteiger partial charge in [0, 0.05) is 14.1 Å². The zero-order valence-electron chi connectivity index (χ0n) is 11.6. The maximum Gasteiger partial charge on any atom is 0.248 e. The second kappa shape index (κ2) is 5.19. The lowest BCUT2D eigenvalue weighted by atomic mass is 10.4. The molecule has 0 atom stereocenters. The smallest absolute Gasteiger partial charge is 0.248 e. The maximum atomic E-state index is 12.5. The molecule has 0 aliphatic rings. The molecule has 0 spiro atoms. The number of hydrogen-bond donors (Lipinski definition) is 0. The van der Waals surface area contributed by atoms with E-state index in [0.717, 1.165) is 0 Å². The van der Waals surface area contributed by atoms with E-state index in [2.05, 4.69) is 10.3 Å². The molecule has 20 heavy (non-hydrogen) atoms. The number of hydrogen-bond acceptors (Lipinski definition) is 5. The Morgan fingerprint density at radius 2 is 2.10 bits per heavy atom. The molecule has 0 unspecified atom stereocenters. The SMILES string of the molecule is Cc1noc(C)c1S(=O)(=O)N(C)Cc1cc(Cl)n(C)n1. The molecule has 0 amide bonds. The normalized spacial score (nSPS) is 12.3. The average Bonchev–Trinajstić information content (AvgIpc) is 2.83. The Morgan fingerprint density at radius 1 is 1.45 bits per heavy atom. The minimum atomic E-state index is -3.67. The fraction of sp³-hybridized carbons (Fsp3) is 0.455. The van der Waals surface area contributed by atoms with Crippen molar-refractivity contribution in [2.75, 3.05) is 7.05 Å². The largest absolute Gasteiger partial charge is 0.360 e. The fourth-order valence-corrected chi connectivity index (χ4v) is 3.48. The van der Waals surface area contributed by atoms with Crippen molar-refractivity contribution in [3.05, 3.63) is 28.4 Å². The number of rotatable bonds is 4. The van der Waals surface area contributed by atoms with Crippen molar-refractivity contribution < 1.29 is 12.9 Å². The first kappa shape index (κ1) is 15.0. The monoisotopic (exact) mass is 318 g/mol. The maximum absolute atomic E-state index is 12.5. The molecule has 0 bridgehead atoms. The molecule has 110 valence electrons. The molecule has 2 heterocycles. The Hall–Kier alpha value is -1.38. The molecule has 0 N–H and O–H groups in total. The number of nitrogens with zero attached hydrogens (tertiary/aromatic N) is 4. The van der Waals surface area contributed by atoms with E-state index in [1.807, 2.05) is 0 Å². The molecular weight excluding hydrogens is 304 g/mol. The van der Waals surface area contributed by atoms with E-state index in [9.17, 15) is 8.42 Å². The van der Waals surface area contributed by atoms with Crippen molar-refractivity contribution in [2.45, 2.75) is 25.3 Å². The van der Waals surface area contributed by atoms with Gasteiger partial charge in [-0.05, 0) is 19.9 Å². The van der Waals surface area contributed by atoms with E-state index in [1.54, 1.807) is 27.0 Å². The van der Waals surface area contributed by atoms with Crippen LogP contribution in [0, 0.1) is 13.8 Å². The van der Waals surface area contributed by atoms with Gasteiger partial charge in [-0.2, -0.15) is 9.40 Å². The minimum absolute atomic E-state index is 0.0991. The van der Waals surface area contributed by atoms with Crippen molar-refractivity contribution in [3.8, 4) is 0 Å². The summed E-state index contributed by atoms with van der Waals surface area (Å²) in [6.07, 6.45) is 0. The molecule has 0 aliphatic heterocycles. The van der Waals surface area contributed by atoms with Gasteiger partial charge >= 0.3 is 0 Å². The van der Waals surface area contributed by atoms with Crippen LogP contribution in [-0.4, -0.2) is 34.7 Å². The Balaban J connectivity index is 2.30. The van der Waals surface area contributed by atoms with Crippen molar-refractivity contribution >= 4 is 21.6 Å². The molecule has 0 aliphatic carbocycles. The summed E-state index contributed by atoms with van der Waals surface area (Å²) in [7, 11) is -0.509. The number of aromatic nitrogens is 3. The molecule has 7 nitrogen and oxygen atoms in total. The number of halogens is 1. The Morgan fingerprint density at radius 3 is 2.55 bits per heavy atom. The summed E-state index contributed by atoms with van der Waals surface area (Å²) in [5.74, 6) is 0.272. The number of sulfonamides is 1. The van der Waals surface area contributed by atoms with Crippen LogP contribution in [0.5, 0.6) is 0 Å². The Bertz CT molecular complexity index is 696. The molecule has 2 aromatic rings. The van der Waals surface area contributed by atoms with Crippen LogP contribution < -0.4 is 0 Å². The standard InChI is InChI=1S/C11H15ClN4O3S/c1-7-11(8(2)19-14-7)20(17,18)15(3)6-9-5-10(12)16(4)13-9/h5H,6H2,1-4H3. The summed E-state index contributed by atoms with van der Waals surface area (Å²) in [5, 5.41) is 8.25. The first-order valence-electron chi connectivity index (χ1n) is 5.81. The van der Waals surface area contributed by atoms with E-state index in [-0.39, 0.29) is 17.2 Å². The Labute approximate surface area is 122 Å². The van der Waals surface area contributed by atoms with Crippen LogP contribution in [0.2, 0.25) is 5.15 Å². The van der Waals surface area contributed by atoms with Crippen LogP contribution in [0.15, 0.2) is 15.5 Å². The lowest BCUT2D eigenvalue weighted by molar-refractivity contribution is 0.389. The molecule has 2 rings (SSSR count). The van der Waals surface area contributed by atoms with Gasteiger partial charge in [0.25, 0.3) is 0 Å². The van der Waals surface area contributed by atoms with Gasteiger partial charge in [-0.25, -0.2) is 8.42 Å². The van der Waals surface area contributed by atoms with Gasteiger partial charge in [0.05, 0.1) is 12.2 Å². The van der Waals surface area contributed by atoms with Crippen molar-refractivity contribution in [3.63, 3.8) is 0 Å². The quantitative estimate of drug-likeness (QED) is 0.853. The molecule has 9 heteroatoms. The van der Waals surface area contributed by atoms with Gasteiger partial charge in [0.2, 0.25) is 10.0 Å². The summed E-state index contributed by atoms with van der Waals surface area (Å²) in [6.45, 7) is 3.28.